The number of aromatic nitrogens is 2. The van der Waals surface area contributed by atoms with Crippen molar-refractivity contribution in [2.24, 2.45) is 5.92 Å². The molecule has 4 rings (SSSR count). The van der Waals surface area contributed by atoms with Crippen LogP contribution in [0.1, 0.15) is 37.1 Å². The molecule has 76 valence electrons. The van der Waals surface area contributed by atoms with Gasteiger partial charge >= 0.3 is 0 Å². The highest BCUT2D eigenvalue weighted by Crippen LogP contribution is 2.39. The van der Waals surface area contributed by atoms with Crippen LogP contribution in [0, 0.1) is 12.8 Å². The van der Waals surface area contributed by atoms with Crippen LogP contribution >= 0.6 is 0 Å². The maximum Gasteiger partial charge on any atom is 0.233 e. The van der Waals surface area contributed by atoms with E-state index in [-0.39, 0.29) is 0 Å². The van der Waals surface area contributed by atoms with E-state index in [0.29, 0.717) is 11.9 Å². The number of rotatable bonds is 1. The average molecular weight is 193 g/mol. The van der Waals surface area contributed by atoms with Gasteiger partial charge in [-0.1, -0.05) is 0 Å². The smallest absolute Gasteiger partial charge is 0.233 e. The first kappa shape index (κ1) is 8.41. The van der Waals surface area contributed by atoms with Gasteiger partial charge in [-0.3, -0.25) is 4.90 Å². The number of fused-ring (bicyclic) bond motifs is 3. The normalized spacial score (nSPS) is 36.2. The van der Waals surface area contributed by atoms with Crippen molar-refractivity contribution >= 4 is 0 Å². The van der Waals surface area contributed by atoms with Crippen molar-refractivity contribution in [3.63, 3.8) is 0 Å². The zero-order chi connectivity index (χ0) is 9.54. The van der Waals surface area contributed by atoms with Gasteiger partial charge in [0.05, 0.1) is 6.04 Å². The number of piperidine rings is 3. The first-order chi connectivity index (χ1) is 6.83. The van der Waals surface area contributed by atoms with Gasteiger partial charge in [-0.25, -0.2) is 0 Å². The molecule has 1 aromatic heterocycles. The molecule has 3 aliphatic heterocycles. The summed E-state index contributed by atoms with van der Waals surface area (Å²) in [4.78, 5) is 2.48. The Bertz CT molecular complexity index is 328. The van der Waals surface area contributed by atoms with Crippen LogP contribution in [-0.2, 0) is 0 Å². The molecule has 0 aromatic carbocycles. The second-order valence-electron chi connectivity index (χ2n) is 4.39. The fourth-order valence-electron chi connectivity index (χ4n) is 2.67. The van der Waals surface area contributed by atoms with E-state index in [1.807, 2.05) is 6.92 Å². The third-order valence-corrected chi connectivity index (χ3v) is 3.47. The molecule has 4 heteroatoms. The number of nitrogens with zero attached hydrogens (tertiary/aromatic N) is 3. The molecule has 1 aromatic rings. The monoisotopic (exact) mass is 193 g/mol. The van der Waals surface area contributed by atoms with Crippen LogP contribution in [-0.4, -0.2) is 28.2 Å². The Labute approximate surface area is 83.3 Å². The van der Waals surface area contributed by atoms with Crippen molar-refractivity contribution in [2.45, 2.75) is 32.2 Å². The summed E-state index contributed by atoms with van der Waals surface area (Å²) in [5.41, 5.74) is 0. The molecule has 0 amide bonds. The highest BCUT2D eigenvalue weighted by molar-refractivity contribution is 4.97. The quantitative estimate of drug-likeness (QED) is 0.678. The SMILES string of the molecule is Cc1nnc(C2CC3CCN2CC3)o1. The number of hydrogen-bond donors (Lipinski definition) is 0. The van der Waals surface area contributed by atoms with Crippen molar-refractivity contribution < 1.29 is 4.42 Å². The molecule has 1 atom stereocenters. The van der Waals surface area contributed by atoms with Gasteiger partial charge in [0.25, 0.3) is 0 Å². The van der Waals surface area contributed by atoms with Crippen LogP contribution in [0.4, 0.5) is 0 Å². The van der Waals surface area contributed by atoms with Crippen molar-refractivity contribution in [1.82, 2.24) is 15.1 Å². The Morgan fingerprint density at radius 3 is 2.57 bits per heavy atom. The van der Waals surface area contributed by atoms with Crippen molar-refractivity contribution in [3.05, 3.63) is 11.8 Å². The second-order valence-corrected chi connectivity index (χ2v) is 4.39. The maximum atomic E-state index is 5.51. The van der Waals surface area contributed by atoms with Gasteiger partial charge in [-0.05, 0) is 38.3 Å². The molecule has 3 aliphatic rings. The van der Waals surface area contributed by atoms with Gasteiger partial charge in [0.1, 0.15) is 0 Å². The van der Waals surface area contributed by atoms with E-state index in [1.54, 1.807) is 0 Å². The Balaban J connectivity index is 1.85. The van der Waals surface area contributed by atoms with E-state index in [1.165, 1.54) is 32.4 Å². The van der Waals surface area contributed by atoms with Gasteiger partial charge in [0.2, 0.25) is 11.8 Å². The molecule has 1 unspecified atom stereocenters. The molecule has 2 bridgehead atoms. The Morgan fingerprint density at radius 1 is 1.29 bits per heavy atom. The first-order valence-corrected chi connectivity index (χ1v) is 5.37. The van der Waals surface area contributed by atoms with E-state index < -0.39 is 0 Å². The lowest BCUT2D eigenvalue weighted by molar-refractivity contribution is 0.0343. The molecular weight excluding hydrogens is 178 g/mol. The summed E-state index contributed by atoms with van der Waals surface area (Å²) in [5.74, 6) is 2.40. The molecule has 0 radical (unpaired) electrons. The Hall–Kier alpha value is -0.900. The molecule has 0 spiro atoms. The van der Waals surface area contributed by atoms with E-state index >= 15 is 0 Å². The summed E-state index contributed by atoms with van der Waals surface area (Å²) in [6.07, 6.45) is 3.91. The van der Waals surface area contributed by atoms with Gasteiger partial charge in [-0.2, -0.15) is 0 Å². The van der Waals surface area contributed by atoms with E-state index in [2.05, 4.69) is 15.1 Å². The summed E-state index contributed by atoms with van der Waals surface area (Å²) >= 11 is 0. The van der Waals surface area contributed by atoms with Crippen LogP contribution in [0.3, 0.4) is 0 Å². The van der Waals surface area contributed by atoms with Crippen molar-refractivity contribution in [2.75, 3.05) is 13.1 Å². The van der Waals surface area contributed by atoms with Crippen LogP contribution < -0.4 is 0 Å². The topological polar surface area (TPSA) is 42.2 Å². The van der Waals surface area contributed by atoms with E-state index in [9.17, 15) is 0 Å². The van der Waals surface area contributed by atoms with Crippen LogP contribution in [0.15, 0.2) is 4.42 Å². The second kappa shape index (κ2) is 3.05. The van der Waals surface area contributed by atoms with Crippen molar-refractivity contribution in [3.8, 4) is 0 Å². The zero-order valence-electron chi connectivity index (χ0n) is 8.44. The summed E-state index contributed by atoms with van der Waals surface area (Å²) < 4.78 is 5.51. The molecule has 4 nitrogen and oxygen atoms in total. The van der Waals surface area contributed by atoms with Crippen LogP contribution in [0.5, 0.6) is 0 Å². The molecule has 0 saturated carbocycles. The fraction of sp³-hybridized carbons (Fsp3) is 0.800. The van der Waals surface area contributed by atoms with Crippen LogP contribution in [0.25, 0.3) is 0 Å². The maximum absolute atomic E-state index is 5.51. The Kier molecular flexibility index (Phi) is 1.83. The third-order valence-electron chi connectivity index (χ3n) is 3.47. The van der Waals surface area contributed by atoms with E-state index in [4.69, 9.17) is 4.42 Å². The number of hydrogen-bond acceptors (Lipinski definition) is 4. The van der Waals surface area contributed by atoms with Gasteiger partial charge in [-0.15, -0.1) is 10.2 Å². The van der Waals surface area contributed by atoms with Gasteiger partial charge in [0, 0.05) is 6.92 Å². The predicted octanol–water partition coefficient (Wildman–Crippen LogP) is 1.53. The average Bonchev–Trinajstić information content (AvgIpc) is 2.66. The first-order valence-electron chi connectivity index (χ1n) is 5.37. The molecule has 0 aliphatic carbocycles. The minimum absolute atomic E-state index is 0.406. The molecule has 14 heavy (non-hydrogen) atoms. The minimum atomic E-state index is 0.406. The summed E-state index contributed by atoms with van der Waals surface area (Å²) in [6, 6.07) is 0.406. The Morgan fingerprint density at radius 2 is 2.07 bits per heavy atom. The highest BCUT2D eigenvalue weighted by Gasteiger charge is 2.36. The molecule has 4 heterocycles. The number of aryl methyl sites for hydroxylation is 1. The highest BCUT2D eigenvalue weighted by atomic mass is 16.4. The lowest BCUT2D eigenvalue weighted by atomic mass is 9.83. The summed E-state index contributed by atoms with van der Waals surface area (Å²) in [5, 5.41) is 8.03. The van der Waals surface area contributed by atoms with Gasteiger partial charge in [0.15, 0.2) is 0 Å². The molecule has 3 saturated heterocycles. The van der Waals surface area contributed by atoms with E-state index in [0.717, 1.165) is 11.8 Å². The lowest BCUT2D eigenvalue weighted by Gasteiger charge is -2.43. The van der Waals surface area contributed by atoms with Gasteiger partial charge < -0.3 is 4.42 Å². The molecule has 0 N–H and O–H groups in total. The zero-order valence-corrected chi connectivity index (χ0v) is 8.44. The molecule has 3 fully saturated rings. The minimum Gasteiger partial charge on any atom is -0.424 e. The largest absolute Gasteiger partial charge is 0.424 e. The molecular formula is C10H15N3O. The summed E-state index contributed by atoms with van der Waals surface area (Å²) in [7, 11) is 0. The van der Waals surface area contributed by atoms with Crippen molar-refractivity contribution in [1.29, 1.82) is 0 Å². The standard InChI is InChI=1S/C10H15N3O/c1-7-11-12-10(14-7)9-6-8-2-4-13(9)5-3-8/h8-9H,2-6H2,1H3. The third kappa shape index (κ3) is 1.25. The fourth-order valence-corrected chi connectivity index (χ4v) is 2.67. The predicted molar refractivity (Wildman–Crippen MR) is 50.7 cm³/mol. The van der Waals surface area contributed by atoms with Crippen LogP contribution in [0.2, 0.25) is 0 Å². The lowest BCUT2D eigenvalue weighted by Crippen LogP contribution is -2.43. The summed E-state index contributed by atoms with van der Waals surface area (Å²) in [6.45, 7) is 4.26.